The molecule has 0 unspecified atom stereocenters. The van der Waals surface area contributed by atoms with E-state index in [9.17, 15) is 14.9 Å². The van der Waals surface area contributed by atoms with Crippen LogP contribution in [-0.2, 0) is 0 Å². The van der Waals surface area contributed by atoms with E-state index in [4.69, 9.17) is 0 Å². The van der Waals surface area contributed by atoms with Crippen LogP contribution in [0.3, 0.4) is 0 Å². The summed E-state index contributed by atoms with van der Waals surface area (Å²) in [6.07, 6.45) is 0. The van der Waals surface area contributed by atoms with Crippen molar-refractivity contribution in [1.82, 2.24) is 10.2 Å². The first-order valence-electron chi connectivity index (χ1n) is 7.22. The third-order valence-corrected chi connectivity index (χ3v) is 3.40. The molecule has 0 heterocycles. The predicted octanol–water partition coefficient (Wildman–Crippen LogP) is 2.63. The highest BCUT2D eigenvalue weighted by Gasteiger charge is 2.17. The van der Waals surface area contributed by atoms with Crippen molar-refractivity contribution in [3.8, 4) is 0 Å². The Morgan fingerprint density at radius 2 is 1.74 bits per heavy atom. The van der Waals surface area contributed by atoms with Crippen molar-refractivity contribution in [2.75, 3.05) is 20.6 Å². The largest absolute Gasteiger partial charge is 0.344 e. The number of likely N-dealkylation sites (N-methyl/N-ethyl adjacent to an activating group) is 1. The Balaban J connectivity index is 2.15. The van der Waals surface area contributed by atoms with Gasteiger partial charge in [-0.3, -0.25) is 14.9 Å². The lowest BCUT2D eigenvalue weighted by Crippen LogP contribution is -2.35. The minimum Gasteiger partial charge on any atom is -0.344 e. The maximum absolute atomic E-state index is 12.4. The molecule has 0 aromatic heterocycles. The summed E-state index contributed by atoms with van der Waals surface area (Å²) in [7, 11) is 3.88. The average molecular weight is 313 g/mol. The van der Waals surface area contributed by atoms with Gasteiger partial charge in [-0.2, -0.15) is 0 Å². The van der Waals surface area contributed by atoms with E-state index in [0.717, 1.165) is 5.56 Å². The molecule has 1 atom stereocenters. The van der Waals surface area contributed by atoms with E-state index >= 15 is 0 Å². The van der Waals surface area contributed by atoms with Gasteiger partial charge in [-0.25, -0.2) is 0 Å². The molecule has 2 aromatic carbocycles. The molecule has 1 amide bonds. The smallest absolute Gasteiger partial charge is 0.269 e. The maximum Gasteiger partial charge on any atom is 0.269 e. The second kappa shape index (κ2) is 7.51. The van der Waals surface area contributed by atoms with E-state index in [1.165, 1.54) is 24.3 Å². The molecule has 0 aliphatic heterocycles. The first kappa shape index (κ1) is 16.6. The van der Waals surface area contributed by atoms with Crippen LogP contribution in [0, 0.1) is 10.1 Å². The van der Waals surface area contributed by atoms with Crippen LogP contribution in [0.4, 0.5) is 5.69 Å². The van der Waals surface area contributed by atoms with Gasteiger partial charge in [0.1, 0.15) is 0 Å². The Bertz CT molecular complexity index is 669. The lowest BCUT2D eigenvalue weighted by molar-refractivity contribution is -0.384. The van der Waals surface area contributed by atoms with Gasteiger partial charge in [0.2, 0.25) is 0 Å². The molecule has 23 heavy (non-hydrogen) atoms. The molecule has 6 heteroatoms. The number of non-ortho nitro benzene ring substituents is 1. The number of nitro groups is 1. The van der Waals surface area contributed by atoms with Crippen molar-refractivity contribution in [3.63, 3.8) is 0 Å². The molecule has 0 fully saturated rings. The Morgan fingerprint density at radius 3 is 2.26 bits per heavy atom. The Kier molecular flexibility index (Phi) is 5.43. The number of rotatable bonds is 6. The van der Waals surface area contributed by atoms with Gasteiger partial charge in [0, 0.05) is 24.2 Å². The number of amides is 1. The molecule has 0 saturated carbocycles. The second-order valence-electron chi connectivity index (χ2n) is 5.50. The van der Waals surface area contributed by atoms with Crippen LogP contribution in [-0.4, -0.2) is 36.4 Å². The molecule has 6 nitrogen and oxygen atoms in total. The van der Waals surface area contributed by atoms with Crippen LogP contribution in [0.5, 0.6) is 0 Å². The zero-order chi connectivity index (χ0) is 16.8. The van der Waals surface area contributed by atoms with Gasteiger partial charge in [0.15, 0.2) is 0 Å². The minimum absolute atomic E-state index is 0.0329. The van der Waals surface area contributed by atoms with Gasteiger partial charge in [-0.15, -0.1) is 0 Å². The Hall–Kier alpha value is -2.73. The first-order valence-corrected chi connectivity index (χ1v) is 7.22. The van der Waals surface area contributed by atoms with E-state index in [1.54, 1.807) is 0 Å². The molecule has 2 aromatic rings. The van der Waals surface area contributed by atoms with Crippen molar-refractivity contribution in [2.45, 2.75) is 6.04 Å². The average Bonchev–Trinajstić information content (AvgIpc) is 2.54. The Morgan fingerprint density at radius 1 is 1.13 bits per heavy atom. The number of carbonyl (C=O) groups excluding carboxylic acids is 1. The normalized spacial score (nSPS) is 12.0. The fraction of sp³-hybridized carbons (Fsp3) is 0.235. The van der Waals surface area contributed by atoms with Crippen LogP contribution in [0.15, 0.2) is 54.6 Å². The molecule has 1 N–H and O–H groups in total. The van der Waals surface area contributed by atoms with E-state index in [1.807, 2.05) is 49.3 Å². The van der Waals surface area contributed by atoms with Crippen molar-refractivity contribution in [1.29, 1.82) is 0 Å². The first-order chi connectivity index (χ1) is 11.0. The summed E-state index contributed by atoms with van der Waals surface area (Å²) in [6, 6.07) is 15.1. The monoisotopic (exact) mass is 313 g/mol. The topological polar surface area (TPSA) is 75.5 Å². The summed E-state index contributed by atoms with van der Waals surface area (Å²) in [6.45, 7) is 0.655. The number of nitrogens with one attached hydrogen (secondary N) is 1. The summed E-state index contributed by atoms with van der Waals surface area (Å²) >= 11 is 0. The molecule has 0 aliphatic rings. The summed E-state index contributed by atoms with van der Waals surface area (Å²) < 4.78 is 0. The Labute approximate surface area is 134 Å². The lowest BCUT2D eigenvalue weighted by atomic mass is 10.1. The summed E-state index contributed by atoms with van der Waals surface area (Å²) in [4.78, 5) is 24.6. The fourth-order valence-electron chi connectivity index (χ4n) is 2.26. The van der Waals surface area contributed by atoms with E-state index < -0.39 is 4.92 Å². The quantitative estimate of drug-likeness (QED) is 0.657. The number of hydrogen-bond acceptors (Lipinski definition) is 4. The van der Waals surface area contributed by atoms with Crippen LogP contribution in [0.25, 0.3) is 0 Å². The molecule has 0 spiro atoms. The zero-order valence-corrected chi connectivity index (χ0v) is 13.1. The van der Waals surface area contributed by atoms with E-state index in [-0.39, 0.29) is 17.6 Å². The zero-order valence-electron chi connectivity index (χ0n) is 13.1. The minimum atomic E-state index is -0.486. The van der Waals surface area contributed by atoms with Gasteiger partial charge in [-0.1, -0.05) is 30.3 Å². The summed E-state index contributed by atoms with van der Waals surface area (Å²) in [5.41, 5.74) is 1.38. The van der Waals surface area contributed by atoms with Crippen molar-refractivity contribution in [2.24, 2.45) is 0 Å². The van der Waals surface area contributed by atoms with Crippen molar-refractivity contribution < 1.29 is 9.72 Å². The molecule has 2 rings (SSSR count). The molecular weight excluding hydrogens is 294 g/mol. The fourth-order valence-corrected chi connectivity index (χ4v) is 2.26. The van der Waals surface area contributed by atoms with Crippen LogP contribution >= 0.6 is 0 Å². The number of hydrogen-bond donors (Lipinski definition) is 1. The standard InChI is InChI=1S/C17H19N3O3/c1-19(2)12-16(13-6-4-3-5-7-13)18-17(21)14-8-10-15(11-9-14)20(22)23/h3-11,16H,12H2,1-2H3,(H,18,21)/t16-/m0/s1. The molecule has 0 aliphatic carbocycles. The number of nitro benzene ring substituents is 1. The van der Waals surface area contributed by atoms with Crippen LogP contribution in [0.1, 0.15) is 22.0 Å². The number of benzene rings is 2. The second-order valence-corrected chi connectivity index (χ2v) is 5.50. The van der Waals surface area contributed by atoms with Gasteiger partial charge in [0.25, 0.3) is 11.6 Å². The molecule has 0 saturated heterocycles. The third kappa shape index (κ3) is 4.62. The highest BCUT2D eigenvalue weighted by atomic mass is 16.6. The highest BCUT2D eigenvalue weighted by molar-refractivity contribution is 5.94. The van der Waals surface area contributed by atoms with Crippen molar-refractivity contribution in [3.05, 3.63) is 75.8 Å². The molecule has 0 bridgehead atoms. The molecule has 120 valence electrons. The predicted molar refractivity (Wildman–Crippen MR) is 88.3 cm³/mol. The van der Waals surface area contributed by atoms with Crippen LogP contribution < -0.4 is 5.32 Å². The van der Waals surface area contributed by atoms with E-state index in [0.29, 0.717) is 12.1 Å². The van der Waals surface area contributed by atoms with E-state index in [2.05, 4.69) is 5.32 Å². The lowest BCUT2D eigenvalue weighted by Gasteiger charge is -2.23. The van der Waals surface area contributed by atoms with Gasteiger partial charge < -0.3 is 10.2 Å². The van der Waals surface area contributed by atoms with Gasteiger partial charge in [0.05, 0.1) is 11.0 Å². The van der Waals surface area contributed by atoms with Crippen molar-refractivity contribution >= 4 is 11.6 Å². The van der Waals surface area contributed by atoms with Gasteiger partial charge in [-0.05, 0) is 31.8 Å². The number of carbonyl (C=O) groups is 1. The SMILES string of the molecule is CN(C)C[C@H](NC(=O)c1ccc([N+](=O)[O-])cc1)c1ccccc1. The van der Waals surface area contributed by atoms with Crippen LogP contribution in [0.2, 0.25) is 0 Å². The summed E-state index contributed by atoms with van der Waals surface area (Å²) in [5.74, 6) is -0.254. The summed E-state index contributed by atoms with van der Waals surface area (Å²) in [5, 5.41) is 13.6. The molecular formula is C17H19N3O3. The maximum atomic E-state index is 12.4. The van der Waals surface area contributed by atoms with Gasteiger partial charge >= 0.3 is 0 Å². The molecule has 0 radical (unpaired) electrons. The number of nitrogens with zero attached hydrogens (tertiary/aromatic N) is 2. The highest BCUT2D eigenvalue weighted by Crippen LogP contribution is 2.16. The third-order valence-electron chi connectivity index (χ3n) is 3.40.